The van der Waals surface area contributed by atoms with Gasteiger partial charge in [0.2, 0.25) is 0 Å². The fourth-order valence-corrected chi connectivity index (χ4v) is 3.06. The number of halogens is 2. The third kappa shape index (κ3) is 3.31. The van der Waals surface area contributed by atoms with Gasteiger partial charge >= 0.3 is 6.03 Å². The summed E-state index contributed by atoms with van der Waals surface area (Å²) >= 11 is 5.96. The summed E-state index contributed by atoms with van der Waals surface area (Å²) in [5.41, 5.74) is -0.455. The summed E-state index contributed by atoms with van der Waals surface area (Å²) < 4.78 is 20.3. The first-order valence-electron chi connectivity index (χ1n) is 7.66. The summed E-state index contributed by atoms with van der Waals surface area (Å²) in [6.45, 7) is 0.367. The number of nitrogens with zero attached hydrogens (tertiary/aromatic N) is 1. The Morgan fingerprint density at radius 2 is 2.04 bits per heavy atom. The maximum atomic E-state index is 15.1. The Bertz CT molecular complexity index is 741. The first-order valence-corrected chi connectivity index (χ1v) is 8.03. The van der Waals surface area contributed by atoms with Gasteiger partial charge in [0.05, 0.1) is 19.3 Å². The van der Waals surface area contributed by atoms with Crippen molar-refractivity contribution in [2.75, 3.05) is 25.5 Å². The number of carbonyl (C=O) groups is 1. The lowest BCUT2D eigenvalue weighted by Gasteiger charge is -2.22. The van der Waals surface area contributed by atoms with Gasteiger partial charge in [-0.3, -0.25) is 0 Å². The van der Waals surface area contributed by atoms with E-state index in [-0.39, 0.29) is 19.0 Å². The molecule has 0 aliphatic carbocycles. The van der Waals surface area contributed by atoms with E-state index in [4.69, 9.17) is 16.3 Å². The van der Waals surface area contributed by atoms with Crippen molar-refractivity contribution in [3.63, 3.8) is 0 Å². The third-order valence-corrected chi connectivity index (χ3v) is 4.44. The van der Waals surface area contributed by atoms with E-state index in [2.05, 4.69) is 5.32 Å². The number of hydrogen-bond acceptors (Lipinski definition) is 2. The number of rotatable bonds is 3. The van der Waals surface area contributed by atoms with Crippen LogP contribution in [0.4, 0.5) is 14.9 Å². The number of ether oxygens (including phenoxy) is 1. The predicted octanol–water partition coefficient (Wildman–Crippen LogP) is 4.45. The van der Waals surface area contributed by atoms with Crippen molar-refractivity contribution >= 4 is 23.3 Å². The maximum Gasteiger partial charge on any atom is 0.322 e. The van der Waals surface area contributed by atoms with Crippen LogP contribution in [0.5, 0.6) is 5.75 Å². The van der Waals surface area contributed by atoms with Gasteiger partial charge in [-0.1, -0.05) is 41.9 Å². The maximum absolute atomic E-state index is 15.1. The molecule has 2 aromatic rings. The SMILES string of the molecule is COc1ccc(Cl)cc1NC(=O)N1CCC(F)(c2ccccc2)C1. The first-order chi connectivity index (χ1) is 11.5. The minimum Gasteiger partial charge on any atom is -0.495 e. The molecule has 0 saturated carbocycles. The Morgan fingerprint density at radius 3 is 2.75 bits per heavy atom. The number of benzene rings is 2. The summed E-state index contributed by atoms with van der Waals surface area (Å²) in [7, 11) is 1.51. The van der Waals surface area contributed by atoms with Gasteiger partial charge in [0.25, 0.3) is 0 Å². The molecular weight excluding hydrogens is 331 g/mol. The molecule has 2 aromatic carbocycles. The molecule has 1 fully saturated rings. The van der Waals surface area contributed by atoms with Crippen LogP contribution in [0, 0.1) is 0 Å². The molecule has 6 heteroatoms. The van der Waals surface area contributed by atoms with E-state index < -0.39 is 5.67 Å². The van der Waals surface area contributed by atoms with Crippen molar-refractivity contribution in [3.05, 3.63) is 59.1 Å². The van der Waals surface area contributed by atoms with Gasteiger partial charge in [-0.25, -0.2) is 9.18 Å². The van der Waals surface area contributed by atoms with Crippen LogP contribution < -0.4 is 10.1 Å². The zero-order valence-electron chi connectivity index (χ0n) is 13.3. The average molecular weight is 349 g/mol. The number of amides is 2. The van der Waals surface area contributed by atoms with Crippen LogP contribution in [-0.2, 0) is 5.67 Å². The highest BCUT2D eigenvalue weighted by Crippen LogP contribution is 2.36. The summed E-state index contributed by atoms with van der Waals surface area (Å²) in [6, 6.07) is 13.5. The van der Waals surface area contributed by atoms with E-state index in [1.807, 2.05) is 6.07 Å². The fraction of sp³-hybridized carbons (Fsp3) is 0.278. The van der Waals surface area contributed by atoms with E-state index in [9.17, 15) is 4.79 Å². The molecule has 1 N–H and O–H groups in total. The molecule has 126 valence electrons. The molecule has 2 amide bonds. The lowest BCUT2D eigenvalue weighted by Crippen LogP contribution is -2.35. The van der Waals surface area contributed by atoms with E-state index in [0.717, 1.165) is 0 Å². The van der Waals surface area contributed by atoms with Gasteiger partial charge in [-0.05, 0) is 23.8 Å². The van der Waals surface area contributed by atoms with Gasteiger partial charge < -0.3 is 15.0 Å². The summed E-state index contributed by atoms with van der Waals surface area (Å²) in [6.07, 6.45) is 0.275. The second-order valence-electron chi connectivity index (χ2n) is 5.78. The first kappa shape index (κ1) is 16.6. The number of urea groups is 1. The van der Waals surface area contributed by atoms with Gasteiger partial charge in [0, 0.05) is 18.0 Å². The molecule has 1 saturated heterocycles. The quantitative estimate of drug-likeness (QED) is 0.890. The Morgan fingerprint density at radius 1 is 1.29 bits per heavy atom. The van der Waals surface area contributed by atoms with Gasteiger partial charge in [-0.15, -0.1) is 0 Å². The standard InChI is InChI=1S/C18H18ClFN2O2/c1-24-16-8-7-14(19)11-15(16)21-17(23)22-10-9-18(20,12-22)13-5-3-2-4-6-13/h2-8,11H,9-10,12H2,1H3,(H,21,23). The number of anilines is 1. The zero-order valence-corrected chi connectivity index (χ0v) is 14.0. The highest BCUT2D eigenvalue weighted by Gasteiger charge is 2.41. The lowest BCUT2D eigenvalue weighted by molar-refractivity contribution is 0.169. The van der Waals surface area contributed by atoms with Crippen molar-refractivity contribution in [1.82, 2.24) is 4.90 Å². The molecule has 0 radical (unpaired) electrons. The van der Waals surface area contributed by atoms with Crippen LogP contribution in [0.2, 0.25) is 5.02 Å². The Balaban J connectivity index is 1.72. The monoisotopic (exact) mass is 348 g/mol. The fourth-order valence-electron chi connectivity index (χ4n) is 2.89. The summed E-state index contributed by atoms with van der Waals surface area (Å²) in [5.74, 6) is 0.501. The normalized spacial score (nSPS) is 20.0. The molecule has 0 aromatic heterocycles. The highest BCUT2D eigenvalue weighted by atomic mass is 35.5. The Labute approximate surface area is 145 Å². The Hall–Kier alpha value is -2.27. The number of alkyl halides is 1. The molecule has 0 spiro atoms. The number of methoxy groups -OCH3 is 1. The molecule has 1 unspecified atom stereocenters. The molecular formula is C18H18ClFN2O2. The smallest absolute Gasteiger partial charge is 0.322 e. The molecule has 1 atom stereocenters. The van der Waals surface area contributed by atoms with E-state index in [0.29, 0.717) is 28.6 Å². The predicted molar refractivity (Wildman–Crippen MR) is 92.4 cm³/mol. The summed E-state index contributed by atoms with van der Waals surface area (Å²) in [5, 5.41) is 3.23. The van der Waals surface area contributed by atoms with E-state index in [1.54, 1.807) is 42.5 Å². The molecule has 1 heterocycles. The van der Waals surface area contributed by atoms with Crippen LogP contribution in [-0.4, -0.2) is 31.1 Å². The molecule has 24 heavy (non-hydrogen) atoms. The summed E-state index contributed by atoms with van der Waals surface area (Å²) in [4.78, 5) is 13.9. The van der Waals surface area contributed by atoms with E-state index in [1.165, 1.54) is 12.0 Å². The van der Waals surface area contributed by atoms with Gasteiger partial charge in [-0.2, -0.15) is 0 Å². The van der Waals surface area contributed by atoms with Crippen LogP contribution in [0.3, 0.4) is 0 Å². The van der Waals surface area contributed by atoms with Crippen molar-refractivity contribution in [3.8, 4) is 5.75 Å². The largest absolute Gasteiger partial charge is 0.495 e. The minimum absolute atomic E-state index is 0.0196. The second-order valence-corrected chi connectivity index (χ2v) is 6.21. The number of carbonyl (C=O) groups excluding carboxylic acids is 1. The minimum atomic E-state index is -1.52. The van der Waals surface area contributed by atoms with Gasteiger partial charge in [0.1, 0.15) is 5.75 Å². The lowest BCUT2D eigenvalue weighted by atomic mass is 9.95. The molecule has 3 rings (SSSR count). The number of hydrogen-bond donors (Lipinski definition) is 1. The van der Waals surface area contributed by atoms with Crippen molar-refractivity contribution < 1.29 is 13.9 Å². The van der Waals surface area contributed by atoms with E-state index >= 15 is 4.39 Å². The van der Waals surface area contributed by atoms with Gasteiger partial charge in [0.15, 0.2) is 5.67 Å². The average Bonchev–Trinajstić information content (AvgIpc) is 3.00. The van der Waals surface area contributed by atoms with Crippen LogP contribution in [0.1, 0.15) is 12.0 Å². The molecule has 1 aliphatic heterocycles. The van der Waals surface area contributed by atoms with Crippen molar-refractivity contribution in [2.45, 2.75) is 12.1 Å². The Kier molecular flexibility index (Phi) is 4.62. The van der Waals surface area contributed by atoms with Crippen LogP contribution >= 0.6 is 11.6 Å². The zero-order chi connectivity index (χ0) is 17.2. The molecule has 4 nitrogen and oxygen atoms in total. The number of nitrogens with one attached hydrogen (secondary N) is 1. The van der Waals surface area contributed by atoms with Crippen LogP contribution in [0.15, 0.2) is 48.5 Å². The van der Waals surface area contributed by atoms with Crippen LogP contribution in [0.25, 0.3) is 0 Å². The highest BCUT2D eigenvalue weighted by molar-refractivity contribution is 6.31. The number of likely N-dealkylation sites (tertiary alicyclic amines) is 1. The third-order valence-electron chi connectivity index (χ3n) is 4.20. The van der Waals surface area contributed by atoms with Crippen molar-refractivity contribution in [1.29, 1.82) is 0 Å². The topological polar surface area (TPSA) is 41.6 Å². The molecule has 0 bridgehead atoms. The molecule has 1 aliphatic rings. The second kappa shape index (κ2) is 6.69. The van der Waals surface area contributed by atoms with Crippen molar-refractivity contribution in [2.24, 2.45) is 0 Å².